The molecule has 4 rings (SSSR count). The molecule has 1 aromatic heterocycles. The second-order valence-corrected chi connectivity index (χ2v) is 7.10. The van der Waals surface area contributed by atoms with E-state index in [2.05, 4.69) is 9.88 Å². The zero-order chi connectivity index (χ0) is 19.0. The van der Waals surface area contributed by atoms with Crippen molar-refractivity contribution >= 4 is 34.1 Å². The van der Waals surface area contributed by atoms with Gasteiger partial charge in [0.15, 0.2) is 0 Å². The number of nitrogens with zero attached hydrogens (tertiary/aromatic N) is 3. The standard InChI is InChI=1S/C21H19ClFN3O/c1-14-17(12-15-6-7-16(23)13-19(15)24-14)21(27)26-10-8-25(9-11-26)20-5-3-2-4-18(20)22/h2-7,12-13H,8-11H2,1H3. The molecule has 138 valence electrons. The lowest BCUT2D eigenvalue weighted by Crippen LogP contribution is -2.49. The van der Waals surface area contributed by atoms with Gasteiger partial charge in [0, 0.05) is 37.6 Å². The van der Waals surface area contributed by atoms with Gasteiger partial charge in [-0.25, -0.2) is 4.39 Å². The molecule has 1 fully saturated rings. The first-order valence-corrected chi connectivity index (χ1v) is 9.26. The Labute approximate surface area is 162 Å². The van der Waals surface area contributed by atoms with Crippen molar-refractivity contribution in [1.29, 1.82) is 0 Å². The number of rotatable bonds is 2. The molecular formula is C21H19ClFN3O. The summed E-state index contributed by atoms with van der Waals surface area (Å²) in [5.74, 6) is -0.366. The number of anilines is 1. The molecule has 1 saturated heterocycles. The van der Waals surface area contributed by atoms with Gasteiger partial charge in [0.2, 0.25) is 0 Å². The fourth-order valence-corrected chi connectivity index (χ4v) is 3.74. The summed E-state index contributed by atoms with van der Waals surface area (Å²) in [6.07, 6.45) is 0. The summed E-state index contributed by atoms with van der Waals surface area (Å²) in [4.78, 5) is 21.5. The van der Waals surface area contributed by atoms with Gasteiger partial charge >= 0.3 is 0 Å². The minimum atomic E-state index is -0.329. The van der Waals surface area contributed by atoms with Crippen molar-refractivity contribution in [3.63, 3.8) is 0 Å². The van der Waals surface area contributed by atoms with Crippen LogP contribution in [0.5, 0.6) is 0 Å². The van der Waals surface area contributed by atoms with E-state index in [4.69, 9.17) is 11.6 Å². The largest absolute Gasteiger partial charge is 0.367 e. The maximum Gasteiger partial charge on any atom is 0.255 e. The topological polar surface area (TPSA) is 36.4 Å². The van der Waals surface area contributed by atoms with Gasteiger partial charge in [0.05, 0.1) is 27.5 Å². The summed E-state index contributed by atoms with van der Waals surface area (Å²) >= 11 is 6.28. The highest BCUT2D eigenvalue weighted by Gasteiger charge is 2.24. The molecule has 0 radical (unpaired) electrons. The van der Waals surface area contributed by atoms with Gasteiger partial charge in [-0.15, -0.1) is 0 Å². The number of halogens is 2. The van der Waals surface area contributed by atoms with E-state index >= 15 is 0 Å². The van der Waals surface area contributed by atoms with Gasteiger partial charge < -0.3 is 9.80 Å². The molecule has 0 unspecified atom stereocenters. The highest BCUT2D eigenvalue weighted by molar-refractivity contribution is 6.33. The van der Waals surface area contributed by atoms with Crippen LogP contribution >= 0.6 is 11.6 Å². The number of carbonyl (C=O) groups is 1. The van der Waals surface area contributed by atoms with Gasteiger partial charge in [-0.05, 0) is 37.3 Å². The molecule has 4 nitrogen and oxygen atoms in total. The number of benzene rings is 2. The van der Waals surface area contributed by atoms with E-state index < -0.39 is 0 Å². The van der Waals surface area contributed by atoms with Crippen LogP contribution < -0.4 is 4.90 Å². The third kappa shape index (κ3) is 3.47. The van der Waals surface area contributed by atoms with E-state index in [1.165, 1.54) is 12.1 Å². The number of carbonyl (C=O) groups excluding carboxylic acids is 1. The molecule has 3 aromatic rings. The summed E-state index contributed by atoms with van der Waals surface area (Å²) in [6.45, 7) is 4.47. The van der Waals surface area contributed by atoms with Crippen molar-refractivity contribution in [2.24, 2.45) is 0 Å². The molecule has 1 aliphatic rings. The van der Waals surface area contributed by atoms with Gasteiger partial charge in [-0.3, -0.25) is 9.78 Å². The first kappa shape index (κ1) is 17.7. The lowest BCUT2D eigenvalue weighted by molar-refractivity contribution is 0.0746. The predicted octanol–water partition coefficient (Wildman–Crippen LogP) is 4.30. The van der Waals surface area contributed by atoms with E-state index in [1.807, 2.05) is 29.2 Å². The normalized spacial score (nSPS) is 14.6. The van der Waals surface area contributed by atoms with E-state index in [1.54, 1.807) is 19.1 Å². The Bertz CT molecular complexity index is 1020. The van der Waals surface area contributed by atoms with Crippen LogP contribution in [0.1, 0.15) is 16.1 Å². The second kappa shape index (κ2) is 7.16. The number of piperazine rings is 1. The van der Waals surface area contributed by atoms with Crippen molar-refractivity contribution < 1.29 is 9.18 Å². The van der Waals surface area contributed by atoms with Crippen molar-refractivity contribution in [2.45, 2.75) is 6.92 Å². The lowest BCUT2D eigenvalue weighted by Gasteiger charge is -2.36. The van der Waals surface area contributed by atoms with Gasteiger partial charge in [0.1, 0.15) is 5.82 Å². The summed E-state index contributed by atoms with van der Waals surface area (Å²) in [5.41, 5.74) is 2.75. The fourth-order valence-electron chi connectivity index (χ4n) is 3.48. The fraction of sp³-hybridized carbons (Fsp3) is 0.238. The SMILES string of the molecule is Cc1nc2cc(F)ccc2cc1C(=O)N1CCN(c2ccccc2Cl)CC1. The molecule has 0 bridgehead atoms. The molecule has 27 heavy (non-hydrogen) atoms. The third-order valence-corrected chi connectivity index (χ3v) is 5.28. The maximum atomic E-state index is 13.4. The average Bonchev–Trinajstić information content (AvgIpc) is 2.67. The van der Waals surface area contributed by atoms with Crippen LogP contribution in [0.4, 0.5) is 10.1 Å². The predicted molar refractivity (Wildman–Crippen MR) is 106 cm³/mol. The zero-order valence-corrected chi connectivity index (χ0v) is 15.7. The maximum absolute atomic E-state index is 13.4. The van der Waals surface area contributed by atoms with Crippen molar-refractivity contribution in [2.75, 3.05) is 31.1 Å². The number of aromatic nitrogens is 1. The number of aryl methyl sites for hydroxylation is 1. The highest BCUT2D eigenvalue weighted by atomic mass is 35.5. The Morgan fingerprint density at radius 3 is 2.56 bits per heavy atom. The number of hydrogen-bond acceptors (Lipinski definition) is 3. The molecular weight excluding hydrogens is 365 g/mol. The van der Waals surface area contributed by atoms with E-state index in [0.29, 0.717) is 29.9 Å². The summed E-state index contributed by atoms with van der Waals surface area (Å²) in [7, 11) is 0. The number of amides is 1. The third-order valence-electron chi connectivity index (χ3n) is 4.96. The Morgan fingerprint density at radius 2 is 1.81 bits per heavy atom. The van der Waals surface area contributed by atoms with Crippen LogP contribution in [0.3, 0.4) is 0 Å². The van der Waals surface area contributed by atoms with Crippen molar-refractivity contribution in [3.8, 4) is 0 Å². The molecule has 2 aromatic carbocycles. The van der Waals surface area contributed by atoms with Crippen LogP contribution in [-0.4, -0.2) is 42.0 Å². The quantitative estimate of drug-likeness (QED) is 0.662. The first-order chi connectivity index (χ1) is 13.0. The lowest BCUT2D eigenvalue weighted by atomic mass is 10.1. The second-order valence-electron chi connectivity index (χ2n) is 6.69. The summed E-state index contributed by atoms with van der Waals surface area (Å²) in [6, 6.07) is 14.0. The molecule has 6 heteroatoms. The Balaban J connectivity index is 1.53. The van der Waals surface area contributed by atoms with E-state index in [0.717, 1.165) is 29.2 Å². The molecule has 0 atom stereocenters. The van der Waals surface area contributed by atoms with Crippen LogP contribution in [0.25, 0.3) is 10.9 Å². The minimum absolute atomic E-state index is 0.0370. The molecule has 1 amide bonds. The number of pyridine rings is 1. The van der Waals surface area contributed by atoms with E-state index in [9.17, 15) is 9.18 Å². The molecule has 2 heterocycles. The molecule has 0 spiro atoms. The number of fused-ring (bicyclic) bond motifs is 1. The summed E-state index contributed by atoms with van der Waals surface area (Å²) in [5, 5.41) is 1.49. The number of hydrogen-bond donors (Lipinski definition) is 0. The molecule has 1 aliphatic heterocycles. The summed E-state index contributed by atoms with van der Waals surface area (Å²) < 4.78 is 13.4. The number of para-hydroxylation sites is 1. The van der Waals surface area contributed by atoms with Crippen molar-refractivity contribution in [3.05, 3.63) is 70.6 Å². The highest BCUT2D eigenvalue weighted by Crippen LogP contribution is 2.26. The molecule has 0 N–H and O–H groups in total. The Hall–Kier alpha value is -2.66. The molecule has 0 aliphatic carbocycles. The van der Waals surface area contributed by atoms with Crippen LogP contribution in [0.2, 0.25) is 5.02 Å². The monoisotopic (exact) mass is 383 g/mol. The average molecular weight is 384 g/mol. The van der Waals surface area contributed by atoms with Gasteiger partial charge in [-0.2, -0.15) is 0 Å². The van der Waals surface area contributed by atoms with Crippen LogP contribution in [0.15, 0.2) is 48.5 Å². The smallest absolute Gasteiger partial charge is 0.255 e. The van der Waals surface area contributed by atoms with Gasteiger partial charge in [-0.1, -0.05) is 23.7 Å². The van der Waals surface area contributed by atoms with E-state index in [-0.39, 0.29) is 11.7 Å². The zero-order valence-electron chi connectivity index (χ0n) is 15.0. The first-order valence-electron chi connectivity index (χ1n) is 8.88. The van der Waals surface area contributed by atoms with Crippen LogP contribution in [0, 0.1) is 12.7 Å². The Morgan fingerprint density at radius 1 is 1.07 bits per heavy atom. The molecule has 0 saturated carbocycles. The van der Waals surface area contributed by atoms with Gasteiger partial charge in [0.25, 0.3) is 5.91 Å². The van der Waals surface area contributed by atoms with Crippen LogP contribution in [-0.2, 0) is 0 Å². The van der Waals surface area contributed by atoms with Crippen molar-refractivity contribution in [1.82, 2.24) is 9.88 Å². The minimum Gasteiger partial charge on any atom is -0.367 e. The Kier molecular flexibility index (Phi) is 4.70.